The highest BCUT2D eigenvalue weighted by Crippen LogP contribution is 2.45. The number of ether oxygens (including phenoxy) is 3. The van der Waals surface area contributed by atoms with Gasteiger partial charge in [0.25, 0.3) is 0 Å². The van der Waals surface area contributed by atoms with Crippen molar-refractivity contribution in [2.24, 2.45) is 4.99 Å². The summed E-state index contributed by atoms with van der Waals surface area (Å²) in [6.45, 7) is 3.97. The van der Waals surface area contributed by atoms with Gasteiger partial charge < -0.3 is 14.2 Å². The summed E-state index contributed by atoms with van der Waals surface area (Å²) in [4.78, 5) is 25.9. The van der Waals surface area contributed by atoms with Gasteiger partial charge in [-0.1, -0.05) is 12.1 Å². The lowest BCUT2D eigenvalue weighted by atomic mass is 9.74. The molecule has 1 fully saturated rings. The van der Waals surface area contributed by atoms with Gasteiger partial charge in [-0.3, -0.25) is 19.8 Å². The molecule has 1 aliphatic carbocycles. The van der Waals surface area contributed by atoms with Gasteiger partial charge in [0.05, 0.1) is 36.5 Å². The molecule has 3 atom stereocenters. The van der Waals surface area contributed by atoms with E-state index in [-0.39, 0.29) is 24.0 Å². The maximum Gasteiger partial charge on any atom is 0.302 e. The Morgan fingerprint density at radius 1 is 1.09 bits per heavy atom. The molecule has 0 amide bonds. The predicted molar refractivity (Wildman–Crippen MR) is 125 cm³/mol. The first-order chi connectivity index (χ1) is 16.1. The number of nitrogens with zero attached hydrogens (tertiary/aromatic N) is 3. The molecular weight excluding hydrogens is 418 g/mol. The second-order valence-corrected chi connectivity index (χ2v) is 8.45. The van der Waals surface area contributed by atoms with Gasteiger partial charge >= 0.3 is 5.97 Å². The van der Waals surface area contributed by atoms with E-state index in [0.29, 0.717) is 18.1 Å². The Bertz CT molecular complexity index is 1230. The zero-order valence-electron chi connectivity index (χ0n) is 19.1. The van der Waals surface area contributed by atoms with Gasteiger partial charge in [-0.25, -0.2) is 0 Å². The van der Waals surface area contributed by atoms with Crippen LogP contribution in [0.3, 0.4) is 0 Å². The second kappa shape index (κ2) is 8.81. The quantitative estimate of drug-likeness (QED) is 0.540. The molecule has 0 saturated heterocycles. The SMILES string of the molecule is CCOc1cc2c(cc1OC)C(c1cccc3nccnc13)=NC1CCC(OC(C)=O)CC21. The minimum Gasteiger partial charge on any atom is -0.493 e. The molecule has 1 aliphatic heterocycles. The summed E-state index contributed by atoms with van der Waals surface area (Å²) in [5.74, 6) is 1.28. The Morgan fingerprint density at radius 2 is 1.94 bits per heavy atom. The van der Waals surface area contributed by atoms with Gasteiger partial charge in [-0.15, -0.1) is 0 Å². The molecular formula is C26H27N3O4. The average Bonchev–Trinajstić information content (AvgIpc) is 2.83. The molecule has 3 aromatic rings. The normalized spacial score (nSPS) is 21.5. The van der Waals surface area contributed by atoms with Crippen molar-refractivity contribution < 1.29 is 19.0 Å². The van der Waals surface area contributed by atoms with Crippen molar-refractivity contribution in [1.82, 2.24) is 9.97 Å². The van der Waals surface area contributed by atoms with E-state index in [1.54, 1.807) is 19.5 Å². The van der Waals surface area contributed by atoms with Crippen LogP contribution in [0.2, 0.25) is 0 Å². The van der Waals surface area contributed by atoms with Crippen LogP contribution in [-0.2, 0) is 9.53 Å². The van der Waals surface area contributed by atoms with Gasteiger partial charge in [0.15, 0.2) is 11.5 Å². The number of carbonyl (C=O) groups is 1. The summed E-state index contributed by atoms with van der Waals surface area (Å²) < 4.78 is 17.2. The number of aliphatic imine (C=N–C) groups is 1. The van der Waals surface area contributed by atoms with Gasteiger partial charge in [-0.05, 0) is 49.9 Å². The number of esters is 1. The summed E-state index contributed by atoms with van der Waals surface area (Å²) in [6.07, 6.45) is 5.69. The fourth-order valence-electron chi connectivity index (χ4n) is 5.10. The smallest absolute Gasteiger partial charge is 0.302 e. The first-order valence-electron chi connectivity index (χ1n) is 11.4. The largest absolute Gasteiger partial charge is 0.493 e. The predicted octanol–water partition coefficient (Wildman–Crippen LogP) is 4.46. The fraction of sp³-hybridized carbons (Fsp3) is 0.385. The van der Waals surface area contributed by atoms with Crippen LogP contribution >= 0.6 is 0 Å². The van der Waals surface area contributed by atoms with E-state index in [0.717, 1.165) is 52.7 Å². The molecule has 0 bridgehead atoms. The molecule has 0 N–H and O–H groups in total. The van der Waals surface area contributed by atoms with Crippen LogP contribution in [-0.4, -0.2) is 47.5 Å². The summed E-state index contributed by atoms with van der Waals surface area (Å²) in [5.41, 5.74) is 5.64. The molecule has 1 aromatic heterocycles. The molecule has 33 heavy (non-hydrogen) atoms. The first kappa shape index (κ1) is 21.4. The van der Waals surface area contributed by atoms with Crippen LogP contribution in [0.1, 0.15) is 55.7 Å². The summed E-state index contributed by atoms with van der Waals surface area (Å²) in [6, 6.07) is 10.2. The summed E-state index contributed by atoms with van der Waals surface area (Å²) in [7, 11) is 1.65. The standard InChI is InChI=1S/C26H27N3O4/c1-4-32-24-13-18-19-12-16(33-15(2)30)8-9-21(19)29-25(20(18)14-23(24)31-3)17-6-5-7-22-26(17)28-11-10-27-22/h5-7,10-11,13-14,16,19,21H,4,8-9,12H2,1-3H3. The van der Waals surface area contributed by atoms with E-state index < -0.39 is 0 Å². The van der Waals surface area contributed by atoms with E-state index in [9.17, 15) is 4.79 Å². The molecule has 0 radical (unpaired) electrons. The topological polar surface area (TPSA) is 82.9 Å². The van der Waals surface area contributed by atoms with Crippen molar-refractivity contribution in [2.75, 3.05) is 13.7 Å². The van der Waals surface area contributed by atoms with Gasteiger partial charge in [0, 0.05) is 36.4 Å². The molecule has 170 valence electrons. The van der Waals surface area contributed by atoms with Crippen LogP contribution in [0.4, 0.5) is 0 Å². The number of para-hydroxylation sites is 1. The Hall–Kier alpha value is -3.48. The lowest BCUT2D eigenvalue weighted by Gasteiger charge is -2.38. The van der Waals surface area contributed by atoms with Crippen LogP contribution in [0.5, 0.6) is 11.5 Å². The average molecular weight is 446 g/mol. The number of aromatic nitrogens is 2. The van der Waals surface area contributed by atoms with Crippen molar-refractivity contribution >= 4 is 22.7 Å². The number of fused-ring (bicyclic) bond motifs is 4. The third kappa shape index (κ3) is 3.92. The van der Waals surface area contributed by atoms with Crippen LogP contribution in [0, 0.1) is 0 Å². The zero-order valence-corrected chi connectivity index (χ0v) is 19.1. The summed E-state index contributed by atoms with van der Waals surface area (Å²) in [5, 5.41) is 0. The Labute approximate surface area is 192 Å². The number of hydrogen-bond acceptors (Lipinski definition) is 7. The van der Waals surface area contributed by atoms with Crippen molar-refractivity contribution in [3.8, 4) is 11.5 Å². The van der Waals surface area contributed by atoms with Crippen molar-refractivity contribution in [1.29, 1.82) is 0 Å². The number of rotatable bonds is 5. The van der Waals surface area contributed by atoms with E-state index in [1.807, 2.05) is 31.2 Å². The molecule has 7 heteroatoms. The van der Waals surface area contributed by atoms with E-state index in [1.165, 1.54) is 6.92 Å². The van der Waals surface area contributed by atoms with Crippen LogP contribution in [0.15, 0.2) is 47.7 Å². The Balaban J connectivity index is 1.68. The fourth-order valence-corrected chi connectivity index (χ4v) is 5.10. The molecule has 0 spiro atoms. The summed E-state index contributed by atoms with van der Waals surface area (Å²) >= 11 is 0. The number of methoxy groups -OCH3 is 1. The number of hydrogen-bond donors (Lipinski definition) is 0. The van der Waals surface area contributed by atoms with E-state index in [4.69, 9.17) is 19.2 Å². The number of benzene rings is 2. The third-order valence-corrected chi connectivity index (χ3v) is 6.44. The lowest BCUT2D eigenvalue weighted by Crippen LogP contribution is -2.36. The van der Waals surface area contributed by atoms with E-state index in [2.05, 4.69) is 16.0 Å². The van der Waals surface area contributed by atoms with Crippen molar-refractivity contribution in [3.63, 3.8) is 0 Å². The number of carbonyl (C=O) groups excluding carboxylic acids is 1. The minimum absolute atomic E-state index is 0.0918. The second-order valence-electron chi connectivity index (χ2n) is 8.45. The van der Waals surface area contributed by atoms with Crippen molar-refractivity contribution in [3.05, 3.63) is 59.4 Å². The first-order valence-corrected chi connectivity index (χ1v) is 11.4. The van der Waals surface area contributed by atoms with Crippen LogP contribution in [0.25, 0.3) is 11.0 Å². The molecule has 3 unspecified atom stereocenters. The maximum atomic E-state index is 11.6. The van der Waals surface area contributed by atoms with Crippen LogP contribution < -0.4 is 9.47 Å². The highest BCUT2D eigenvalue weighted by Gasteiger charge is 2.39. The third-order valence-electron chi connectivity index (χ3n) is 6.44. The lowest BCUT2D eigenvalue weighted by molar-refractivity contribution is -0.148. The highest BCUT2D eigenvalue weighted by atomic mass is 16.5. The maximum absolute atomic E-state index is 11.6. The molecule has 7 nitrogen and oxygen atoms in total. The van der Waals surface area contributed by atoms with Gasteiger partial charge in [-0.2, -0.15) is 0 Å². The monoisotopic (exact) mass is 445 g/mol. The van der Waals surface area contributed by atoms with Gasteiger partial charge in [0.1, 0.15) is 6.10 Å². The Morgan fingerprint density at radius 3 is 2.73 bits per heavy atom. The minimum atomic E-state index is -0.238. The van der Waals surface area contributed by atoms with Crippen molar-refractivity contribution in [2.45, 2.75) is 51.2 Å². The molecule has 2 heterocycles. The zero-order chi connectivity index (χ0) is 22.9. The molecule has 2 aromatic carbocycles. The van der Waals surface area contributed by atoms with E-state index >= 15 is 0 Å². The van der Waals surface area contributed by atoms with Gasteiger partial charge in [0.2, 0.25) is 0 Å². The Kier molecular flexibility index (Phi) is 5.70. The molecule has 5 rings (SSSR count). The molecule has 1 saturated carbocycles. The molecule has 2 aliphatic rings. The highest BCUT2D eigenvalue weighted by molar-refractivity contribution is 6.20.